The Labute approximate surface area is 328 Å². The quantitative estimate of drug-likeness (QED) is 0.0325. The van der Waals surface area contributed by atoms with Gasteiger partial charge in [0, 0.05) is 12.8 Å². The maximum atomic E-state index is 12.7. The summed E-state index contributed by atoms with van der Waals surface area (Å²) in [5, 5.41) is 11.9. The lowest BCUT2D eigenvalue weighted by Gasteiger charge is -2.15. The number of nitrogens with two attached hydrogens (primary N) is 1. The van der Waals surface area contributed by atoms with Crippen LogP contribution < -0.4 is 11.1 Å². The molecular weight excluding hydrogens is 661 g/mol. The van der Waals surface area contributed by atoms with E-state index in [0.29, 0.717) is 38.6 Å². The zero-order valence-electron chi connectivity index (χ0n) is 35.1. The lowest BCUT2D eigenvalue weighted by molar-refractivity contribution is -0.147. The Morgan fingerprint density at radius 3 is 1.42 bits per heavy atom. The Bertz CT molecular complexity index is 848. The predicted molar refractivity (Wildman–Crippen MR) is 225 cm³/mol. The van der Waals surface area contributed by atoms with Crippen molar-refractivity contribution < 1.29 is 24.2 Å². The summed E-state index contributed by atoms with van der Waals surface area (Å²) >= 11 is 0. The minimum atomic E-state index is -1.01. The fraction of sp³-hybridized carbons (Fsp3) is 0.891. The Morgan fingerprint density at radius 2 is 0.962 bits per heavy atom. The highest BCUT2D eigenvalue weighted by Crippen LogP contribution is 2.17. The summed E-state index contributed by atoms with van der Waals surface area (Å²) in [4.78, 5) is 36.3. The molecule has 7 nitrogen and oxygen atoms in total. The number of hydrogen-bond donors (Lipinski definition) is 3. The van der Waals surface area contributed by atoms with Crippen molar-refractivity contribution in [2.24, 2.45) is 5.73 Å². The minimum absolute atomic E-state index is 0.0851. The van der Waals surface area contributed by atoms with Crippen molar-refractivity contribution in [1.29, 1.82) is 0 Å². The summed E-state index contributed by atoms with van der Waals surface area (Å²) in [6, 6.07) is -0.867. The Balaban J connectivity index is 3.97. The number of allylic oxidation sites excluding steroid dienone is 1. The molecule has 0 aromatic rings. The molecule has 7 heteroatoms. The lowest BCUT2D eigenvalue weighted by atomic mass is 10.0. The van der Waals surface area contributed by atoms with E-state index in [-0.39, 0.29) is 18.0 Å². The van der Waals surface area contributed by atoms with E-state index < -0.39 is 12.0 Å². The van der Waals surface area contributed by atoms with Gasteiger partial charge in [-0.15, -0.1) is 0 Å². The second-order valence-corrected chi connectivity index (χ2v) is 15.8. The van der Waals surface area contributed by atoms with E-state index in [1.807, 2.05) is 0 Å². The SMILES string of the molecule is CCCCCC/C=C\C(CCCCCCC(=O)NC(CCCN)C(=O)O)OC(=O)CCCCCCCCCCCCCCCCCCCCCCCC. The molecule has 0 aliphatic carbocycles. The number of carbonyl (C=O) groups is 3. The average Bonchev–Trinajstić information content (AvgIpc) is 3.14. The van der Waals surface area contributed by atoms with Gasteiger partial charge in [-0.05, 0) is 64.0 Å². The van der Waals surface area contributed by atoms with Gasteiger partial charge in [-0.2, -0.15) is 0 Å². The zero-order valence-corrected chi connectivity index (χ0v) is 35.1. The van der Waals surface area contributed by atoms with Gasteiger partial charge in [0.25, 0.3) is 0 Å². The van der Waals surface area contributed by atoms with Gasteiger partial charge in [0.05, 0.1) is 0 Å². The predicted octanol–water partition coefficient (Wildman–Crippen LogP) is 13.1. The van der Waals surface area contributed by atoms with Crippen LogP contribution in [0.3, 0.4) is 0 Å². The molecule has 2 unspecified atom stereocenters. The van der Waals surface area contributed by atoms with Crippen LogP contribution >= 0.6 is 0 Å². The number of carboxylic acids is 1. The summed E-state index contributed by atoms with van der Waals surface area (Å²) in [7, 11) is 0. The van der Waals surface area contributed by atoms with E-state index in [4.69, 9.17) is 10.5 Å². The van der Waals surface area contributed by atoms with Gasteiger partial charge in [0.1, 0.15) is 12.1 Å². The molecule has 0 spiro atoms. The maximum absolute atomic E-state index is 12.7. The number of nitrogens with one attached hydrogen (secondary N) is 1. The molecule has 0 aliphatic rings. The summed E-state index contributed by atoms with van der Waals surface area (Å²) < 4.78 is 5.91. The van der Waals surface area contributed by atoms with Crippen molar-refractivity contribution in [2.45, 2.75) is 257 Å². The summed E-state index contributed by atoms with van der Waals surface area (Å²) in [6.45, 7) is 4.91. The first kappa shape index (κ1) is 51.1. The normalized spacial score (nSPS) is 12.7. The molecule has 0 rings (SSSR count). The number of hydrogen-bond acceptors (Lipinski definition) is 5. The van der Waals surface area contributed by atoms with Gasteiger partial charge < -0.3 is 20.9 Å². The number of amides is 1. The molecule has 0 aromatic carbocycles. The highest BCUT2D eigenvalue weighted by atomic mass is 16.5. The van der Waals surface area contributed by atoms with Crippen LogP contribution in [0.4, 0.5) is 0 Å². The Hall–Kier alpha value is -1.89. The van der Waals surface area contributed by atoms with Crippen molar-refractivity contribution in [3.63, 3.8) is 0 Å². The molecule has 0 aromatic heterocycles. The van der Waals surface area contributed by atoms with Crippen LogP contribution in [0.5, 0.6) is 0 Å². The monoisotopic (exact) mass is 749 g/mol. The molecule has 0 radical (unpaired) electrons. The molecule has 4 N–H and O–H groups in total. The van der Waals surface area contributed by atoms with E-state index >= 15 is 0 Å². The third kappa shape index (κ3) is 38.2. The van der Waals surface area contributed by atoms with Gasteiger partial charge in [-0.1, -0.05) is 187 Å². The van der Waals surface area contributed by atoms with Gasteiger partial charge in [0.2, 0.25) is 5.91 Å². The number of unbranched alkanes of at least 4 members (excludes halogenated alkanes) is 28. The van der Waals surface area contributed by atoms with Crippen molar-refractivity contribution in [3.05, 3.63) is 12.2 Å². The number of ether oxygens (including phenoxy) is 1. The highest BCUT2D eigenvalue weighted by molar-refractivity contribution is 5.83. The van der Waals surface area contributed by atoms with Crippen molar-refractivity contribution in [3.8, 4) is 0 Å². The number of aliphatic carboxylic acids is 1. The molecule has 0 aliphatic heterocycles. The van der Waals surface area contributed by atoms with Crippen molar-refractivity contribution in [1.82, 2.24) is 5.32 Å². The molecule has 0 heterocycles. The molecule has 0 bridgehead atoms. The number of carbonyl (C=O) groups excluding carboxylic acids is 2. The standard InChI is InChI=1S/C46H88N2O5/c1-3-5-7-9-11-12-13-14-15-16-17-18-19-20-21-22-23-24-25-26-28-34-40-45(50)53-42(36-31-27-10-8-6-4-2)37-32-29-30-33-39-44(49)48-43(46(51)52)38-35-41-47/h31,36,42-43H,3-30,32-35,37-41,47H2,1-2H3,(H,48,49)(H,51,52)/b36-31-. The van der Waals surface area contributed by atoms with Crippen LogP contribution in [0.25, 0.3) is 0 Å². The second kappa shape index (κ2) is 41.3. The molecule has 312 valence electrons. The Kier molecular flexibility index (Phi) is 39.8. The smallest absolute Gasteiger partial charge is 0.326 e. The molecule has 2 atom stereocenters. The highest BCUT2D eigenvalue weighted by Gasteiger charge is 2.19. The molecule has 0 fully saturated rings. The van der Waals surface area contributed by atoms with Crippen molar-refractivity contribution in [2.75, 3.05) is 6.54 Å². The minimum Gasteiger partial charge on any atom is -0.480 e. The van der Waals surface area contributed by atoms with Crippen LogP contribution in [0.15, 0.2) is 12.2 Å². The number of rotatable bonds is 42. The first-order valence-corrected chi connectivity index (χ1v) is 23.0. The summed E-state index contributed by atoms with van der Waals surface area (Å²) in [5.74, 6) is -1.32. The second-order valence-electron chi connectivity index (χ2n) is 15.8. The third-order valence-electron chi connectivity index (χ3n) is 10.6. The summed E-state index contributed by atoms with van der Waals surface area (Å²) in [5.41, 5.74) is 5.48. The van der Waals surface area contributed by atoms with E-state index in [2.05, 4.69) is 31.3 Å². The fourth-order valence-corrected chi connectivity index (χ4v) is 7.07. The van der Waals surface area contributed by atoms with E-state index in [1.54, 1.807) is 0 Å². The van der Waals surface area contributed by atoms with E-state index in [9.17, 15) is 19.5 Å². The topological polar surface area (TPSA) is 119 Å². The Morgan fingerprint density at radius 1 is 0.547 bits per heavy atom. The van der Waals surface area contributed by atoms with Crippen LogP contribution in [-0.2, 0) is 19.1 Å². The number of carboxylic acid groups (broad SMARTS) is 1. The van der Waals surface area contributed by atoms with E-state index in [0.717, 1.165) is 44.9 Å². The van der Waals surface area contributed by atoms with Gasteiger partial charge in [-0.3, -0.25) is 9.59 Å². The fourth-order valence-electron chi connectivity index (χ4n) is 7.07. The van der Waals surface area contributed by atoms with Crippen LogP contribution in [0.1, 0.15) is 245 Å². The van der Waals surface area contributed by atoms with Crippen LogP contribution in [-0.4, -0.2) is 41.6 Å². The summed E-state index contributed by atoms with van der Waals surface area (Å²) in [6.07, 6.45) is 45.9. The van der Waals surface area contributed by atoms with Crippen LogP contribution in [0, 0.1) is 0 Å². The number of esters is 1. The van der Waals surface area contributed by atoms with Gasteiger partial charge in [0.15, 0.2) is 0 Å². The lowest BCUT2D eigenvalue weighted by Crippen LogP contribution is -2.40. The molecule has 0 saturated carbocycles. The molecule has 0 saturated heterocycles. The zero-order chi connectivity index (χ0) is 38.9. The van der Waals surface area contributed by atoms with E-state index in [1.165, 1.54) is 154 Å². The molecule has 1 amide bonds. The average molecular weight is 749 g/mol. The van der Waals surface area contributed by atoms with Gasteiger partial charge in [-0.25, -0.2) is 4.79 Å². The molecule has 53 heavy (non-hydrogen) atoms. The molecular formula is C46H88N2O5. The maximum Gasteiger partial charge on any atom is 0.326 e. The third-order valence-corrected chi connectivity index (χ3v) is 10.6. The van der Waals surface area contributed by atoms with Gasteiger partial charge >= 0.3 is 11.9 Å². The largest absolute Gasteiger partial charge is 0.480 e. The first-order chi connectivity index (χ1) is 25.9. The van der Waals surface area contributed by atoms with Crippen LogP contribution in [0.2, 0.25) is 0 Å². The van der Waals surface area contributed by atoms with Crippen molar-refractivity contribution >= 4 is 17.8 Å². The first-order valence-electron chi connectivity index (χ1n) is 23.0.